The maximum atomic E-state index is 12.9. The number of rotatable bonds is 5. The lowest BCUT2D eigenvalue weighted by atomic mass is 9.96. The maximum Gasteiger partial charge on any atom is 0.267 e. The predicted molar refractivity (Wildman–Crippen MR) is 91.2 cm³/mol. The van der Waals surface area contributed by atoms with Crippen molar-refractivity contribution in [3.05, 3.63) is 12.4 Å². The number of morpholine rings is 1. The highest BCUT2D eigenvalue weighted by molar-refractivity contribution is 7.93. The molecule has 3 saturated heterocycles. The van der Waals surface area contributed by atoms with Gasteiger partial charge >= 0.3 is 0 Å². The molecule has 0 aliphatic carbocycles. The van der Waals surface area contributed by atoms with E-state index in [1.54, 1.807) is 4.90 Å². The molecule has 158 valence electrons. The average molecular weight is 427 g/mol. The van der Waals surface area contributed by atoms with E-state index in [2.05, 4.69) is 5.21 Å². The van der Waals surface area contributed by atoms with E-state index < -0.39 is 37.9 Å². The number of ether oxygens (including phenoxy) is 1. The van der Waals surface area contributed by atoms with Crippen LogP contribution in [-0.4, -0.2) is 88.4 Å². The molecule has 3 aliphatic heterocycles. The number of carboxylic acids is 1. The highest BCUT2D eigenvalue weighted by atomic mass is 32.2. The van der Waals surface area contributed by atoms with Gasteiger partial charge in [-0.2, -0.15) is 0 Å². The molecule has 1 aromatic rings. The van der Waals surface area contributed by atoms with Crippen LogP contribution >= 0.6 is 0 Å². The number of aliphatic carboxylic acids is 1. The second-order valence-corrected chi connectivity index (χ2v) is 10.2. The summed E-state index contributed by atoms with van der Waals surface area (Å²) in [6, 6.07) is -1.59. The summed E-state index contributed by atoms with van der Waals surface area (Å²) in [5.41, 5.74) is 0. The topological polar surface area (TPSA) is 146 Å². The first kappa shape index (κ1) is 19.8. The molecule has 4 rings (SSSR count). The van der Waals surface area contributed by atoms with Crippen molar-refractivity contribution in [1.29, 1.82) is 0 Å². The minimum Gasteiger partial charge on any atom is -0.548 e. The van der Waals surface area contributed by atoms with Gasteiger partial charge in [0.15, 0.2) is 28.8 Å². The molecule has 12 nitrogen and oxygen atoms in total. The average Bonchev–Trinajstić information content (AvgIpc) is 3.14. The molecule has 13 heteroatoms. The van der Waals surface area contributed by atoms with Gasteiger partial charge in [0, 0.05) is 13.1 Å². The molecule has 0 bridgehead atoms. The van der Waals surface area contributed by atoms with Crippen LogP contribution in [0, 0.1) is 0 Å². The Morgan fingerprint density at radius 2 is 2.07 bits per heavy atom. The summed E-state index contributed by atoms with van der Waals surface area (Å²) in [5, 5.41) is 14.7. The molecule has 3 aliphatic rings. The summed E-state index contributed by atoms with van der Waals surface area (Å²) in [4.78, 5) is 38.4. The fourth-order valence-electron chi connectivity index (χ4n) is 4.17. The molecule has 29 heavy (non-hydrogen) atoms. The molecular formula is C16H21N5O7S. The molecular weight excluding hydrogens is 406 g/mol. The van der Waals surface area contributed by atoms with E-state index in [1.165, 1.54) is 28.7 Å². The van der Waals surface area contributed by atoms with E-state index in [0.29, 0.717) is 26.3 Å². The number of carbonyl (C=O) groups is 3. The zero-order valence-electron chi connectivity index (χ0n) is 15.8. The Hall–Kier alpha value is -2.54. The third-order valence-electron chi connectivity index (χ3n) is 5.81. The standard InChI is InChI=1S/C16H21N5O7S/c1-16(14(15(24)25)21-11(22)8-13(21)29(16,26)27)10-20-3-2-19(17-20)9-12(23)18-4-6-28-7-5-18/h2-3,13-14H,4-10H2,1H3/t13?,14-,16-/m0/s1. The van der Waals surface area contributed by atoms with Crippen molar-refractivity contribution in [2.24, 2.45) is 0 Å². The van der Waals surface area contributed by atoms with Crippen LogP contribution in [0.3, 0.4) is 0 Å². The number of aromatic nitrogens is 3. The van der Waals surface area contributed by atoms with Gasteiger partial charge in [-0.25, -0.2) is 8.42 Å². The SMILES string of the molecule is C[C@]1(Cn2cc[n+](CC(=O)N3CCOCC3)n2)[C@H](C(=O)[O-])N2C(=O)CC2S1(=O)=O. The lowest BCUT2D eigenvalue weighted by Gasteiger charge is -2.38. The highest BCUT2D eigenvalue weighted by Crippen LogP contribution is 2.46. The van der Waals surface area contributed by atoms with Crippen LogP contribution in [0.15, 0.2) is 12.4 Å². The molecule has 0 saturated carbocycles. The Kier molecular flexibility index (Phi) is 4.61. The first-order chi connectivity index (χ1) is 13.6. The molecule has 3 fully saturated rings. The van der Waals surface area contributed by atoms with Crippen LogP contribution in [0.5, 0.6) is 0 Å². The van der Waals surface area contributed by atoms with E-state index in [-0.39, 0.29) is 25.4 Å². The first-order valence-electron chi connectivity index (χ1n) is 9.19. The predicted octanol–water partition coefficient (Wildman–Crippen LogP) is -4.11. The molecule has 0 N–H and O–H groups in total. The van der Waals surface area contributed by atoms with Crippen molar-refractivity contribution in [3.8, 4) is 0 Å². The smallest absolute Gasteiger partial charge is 0.267 e. The van der Waals surface area contributed by atoms with Crippen LogP contribution in [0.1, 0.15) is 13.3 Å². The summed E-state index contributed by atoms with van der Waals surface area (Å²) in [5.74, 6) is -2.29. The van der Waals surface area contributed by atoms with Gasteiger partial charge in [-0.15, -0.1) is 9.36 Å². The number of hydrogen-bond donors (Lipinski definition) is 0. The molecule has 3 atom stereocenters. The van der Waals surface area contributed by atoms with Gasteiger partial charge < -0.3 is 24.4 Å². The number of sulfone groups is 1. The van der Waals surface area contributed by atoms with Crippen LogP contribution in [0.2, 0.25) is 0 Å². The van der Waals surface area contributed by atoms with Gasteiger partial charge in [-0.05, 0) is 6.92 Å². The van der Waals surface area contributed by atoms with E-state index in [1.807, 2.05) is 0 Å². The third kappa shape index (κ3) is 2.99. The number of fused-ring (bicyclic) bond motifs is 1. The first-order valence-corrected chi connectivity index (χ1v) is 10.7. The molecule has 0 spiro atoms. The fraction of sp³-hybridized carbons (Fsp3) is 0.688. The third-order valence-corrected chi connectivity index (χ3v) is 8.58. The Morgan fingerprint density at radius 3 is 2.69 bits per heavy atom. The molecule has 0 aromatic carbocycles. The van der Waals surface area contributed by atoms with Crippen molar-refractivity contribution in [3.63, 3.8) is 0 Å². The Labute approximate surface area is 166 Å². The zero-order chi connectivity index (χ0) is 21.0. The minimum absolute atomic E-state index is 0.0341. The quantitative estimate of drug-likeness (QED) is 0.340. The number of nitrogens with zero attached hydrogens (tertiary/aromatic N) is 5. The second kappa shape index (κ2) is 6.76. The summed E-state index contributed by atoms with van der Waals surface area (Å²) in [6.45, 7) is 2.91. The minimum atomic E-state index is -3.96. The fourth-order valence-corrected chi connectivity index (χ4v) is 6.53. The number of β-lactam (4-membered cyclic amide) rings is 1. The molecule has 0 radical (unpaired) electrons. The lowest BCUT2D eigenvalue weighted by molar-refractivity contribution is -0.744. The Bertz CT molecular complexity index is 970. The summed E-state index contributed by atoms with van der Waals surface area (Å²) in [6.07, 6.45) is 2.75. The zero-order valence-corrected chi connectivity index (χ0v) is 16.6. The monoisotopic (exact) mass is 427 g/mol. The highest BCUT2D eigenvalue weighted by Gasteiger charge is 2.69. The number of hydrogen-bond acceptors (Lipinski definition) is 8. The van der Waals surface area contributed by atoms with Crippen molar-refractivity contribution in [2.75, 3.05) is 26.3 Å². The molecule has 4 heterocycles. The van der Waals surface area contributed by atoms with E-state index >= 15 is 0 Å². The van der Waals surface area contributed by atoms with E-state index in [9.17, 15) is 27.9 Å². The largest absolute Gasteiger partial charge is 0.548 e. The van der Waals surface area contributed by atoms with Crippen LogP contribution in [0.4, 0.5) is 0 Å². The summed E-state index contributed by atoms with van der Waals surface area (Å²) < 4.78 is 31.9. The molecule has 2 amide bonds. The van der Waals surface area contributed by atoms with Gasteiger partial charge in [0.05, 0.1) is 36.9 Å². The van der Waals surface area contributed by atoms with Crippen molar-refractivity contribution in [1.82, 2.24) is 19.7 Å². The van der Waals surface area contributed by atoms with Gasteiger partial charge in [0.25, 0.3) is 5.91 Å². The number of carbonyl (C=O) groups excluding carboxylic acids is 3. The van der Waals surface area contributed by atoms with E-state index in [0.717, 1.165) is 4.90 Å². The van der Waals surface area contributed by atoms with Gasteiger partial charge in [0.1, 0.15) is 16.7 Å². The second-order valence-electron chi connectivity index (χ2n) is 7.61. The Morgan fingerprint density at radius 1 is 1.38 bits per heavy atom. The lowest BCUT2D eigenvalue weighted by Crippen LogP contribution is -2.61. The van der Waals surface area contributed by atoms with E-state index in [4.69, 9.17) is 4.74 Å². The van der Waals surface area contributed by atoms with Crippen molar-refractivity contribution in [2.45, 2.75) is 42.6 Å². The van der Waals surface area contributed by atoms with Gasteiger partial charge in [0.2, 0.25) is 5.91 Å². The summed E-state index contributed by atoms with van der Waals surface area (Å²) in [7, 11) is -3.96. The number of carboxylic acid groups (broad SMARTS) is 1. The summed E-state index contributed by atoms with van der Waals surface area (Å²) >= 11 is 0. The normalized spacial score (nSPS) is 30.7. The van der Waals surface area contributed by atoms with Crippen LogP contribution in [-0.2, 0) is 42.0 Å². The van der Waals surface area contributed by atoms with Crippen LogP contribution in [0.25, 0.3) is 0 Å². The molecule has 1 aromatic heterocycles. The van der Waals surface area contributed by atoms with Gasteiger partial charge in [-0.1, -0.05) is 0 Å². The maximum absolute atomic E-state index is 12.9. The van der Waals surface area contributed by atoms with Gasteiger partial charge in [-0.3, -0.25) is 9.59 Å². The van der Waals surface area contributed by atoms with Crippen LogP contribution < -0.4 is 9.79 Å². The molecule has 1 unspecified atom stereocenters. The number of amides is 2. The Balaban J connectivity index is 1.53. The van der Waals surface area contributed by atoms with Crippen molar-refractivity contribution < 1.29 is 37.3 Å². The van der Waals surface area contributed by atoms with Crippen molar-refractivity contribution >= 4 is 27.6 Å².